The van der Waals surface area contributed by atoms with E-state index in [4.69, 9.17) is 16.3 Å². The summed E-state index contributed by atoms with van der Waals surface area (Å²) in [6.07, 6.45) is 0. The van der Waals surface area contributed by atoms with Crippen LogP contribution in [0.3, 0.4) is 0 Å². The van der Waals surface area contributed by atoms with Crippen molar-refractivity contribution < 1.29 is 4.74 Å². The number of aryl methyl sites for hydroxylation is 1. The topological polar surface area (TPSA) is 45.6 Å². The molecule has 0 saturated heterocycles. The van der Waals surface area contributed by atoms with Gasteiger partial charge in [0, 0.05) is 16.8 Å². The van der Waals surface area contributed by atoms with Gasteiger partial charge in [-0.2, -0.15) is 0 Å². The van der Waals surface area contributed by atoms with Crippen LogP contribution in [0, 0.1) is 6.92 Å². The average molecular weight is 320 g/mol. The van der Waals surface area contributed by atoms with Crippen LogP contribution >= 0.6 is 23.5 Å². The van der Waals surface area contributed by atoms with Gasteiger partial charge in [-0.3, -0.25) is 4.72 Å². The predicted octanol–water partition coefficient (Wildman–Crippen LogP) is 4.37. The standard InChI is InChI=1S/C15H14ClN3OS/c1-9-5-3-4-6-11(9)17-15-18-14-12(20-2)7-10(16)8-13(14)21-19-15/h3-8H,1-2H3,(H2,17,18,19). The van der Waals surface area contributed by atoms with Crippen LogP contribution in [0.4, 0.5) is 11.4 Å². The first-order valence-corrected chi connectivity index (χ1v) is 7.58. The molecule has 1 aliphatic rings. The van der Waals surface area contributed by atoms with Gasteiger partial charge in [-0.25, -0.2) is 4.99 Å². The number of aliphatic imine (C=N–C) groups is 1. The highest BCUT2D eigenvalue weighted by Crippen LogP contribution is 2.41. The van der Waals surface area contributed by atoms with Gasteiger partial charge in [0.2, 0.25) is 5.96 Å². The maximum absolute atomic E-state index is 6.06. The lowest BCUT2D eigenvalue weighted by Crippen LogP contribution is -2.27. The number of para-hydroxylation sites is 1. The minimum Gasteiger partial charge on any atom is -0.494 e. The number of fused-ring (bicyclic) bond motifs is 1. The average Bonchev–Trinajstić information content (AvgIpc) is 2.49. The summed E-state index contributed by atoms with van der Waals surface area (Å²) in [4.78, 5) is 5.52. The van der Waals surface area contributed by atoms with Gasteiger partial charge in [0.15, 0.2) is 0 Å². The van der Waals surface area contributed by atoms with E-state index in [0.29, 0.717) is 16.7 Å². The fourth-order valence-corrected chi connectivity index (χ4v) is 3.03. The van der Waals surface area contributed by atoms with Gasteiger partial charge in [0.25, 0.3) is 0 Å². The third kappa shape index (κ3) is 2.94. The number of rotatable bonds is 2. The zero-order valence-electron chi connectivity index (χ0n) is 11.6. The molecular weight excluding hydrogens is 306 g/mol. The number of hydrogen-bond acceptors (Lipinski definition) is 5. The molecule has 0 atom stereocenters. The first kappa shape index (κ1) is 14.1. The lowest BCUT2D eigenvalue weighted by molar-refractivity contribution is 0.415. The fourth-order valence-electron chi connectivity index (χ4n) is 2.03. The normalized spacial score (nSPS) is 13.0. The molecular formula is C15H14ClN3OS. The molecule has 0 unspecified atom stereocenters. The van der Waals surface area contributed by atoms with E-state index in [0.717, 1.165) is 21.8 Å². The Morgan fingerprint density at radius 2 is 2.10 bits per heavy atom. The van der Waals surface area contributed by atoms with Gasteiger partial charge in [0.1, 0.15) is 11.4 Å². The van der Waals surface area contributed by atoms with E-state index in [9.17, 15) is 0 Å². The number of hydrogen-bond donors (Lipinski definition) is 2. The van der Waals surface area contributed by atoms with Crippen molar-refractivity contribution in [1.82, 2.24) is 4.72 Å². The molecule has 0 saturated carbocycles. The molecule has 0 aliphatic carbocycles. The van der Waals surface area contributed by atoms with Crippen molar-refractivity contribution in [3.63, 3.8) is 0 Å². The monoisotopic (exact) mass is 319 g/mol. The Labute approximate surface area is 132 Å². The first-order chi connectivity index (χ1) is 10.2. The van der Waals surface area contributed by atoms with Gasteiger partial charge < -0.3 is 10.1 Å². The minimum atomic E-state index is 0.630. The van der Waals surface area contributed by atoms with Gasteiger partial charge in [0.05, 0.1) is 12.0 Å². The summed E-state index contributed by atoms with van der Waals surface area (Å²) in [5.74, 6) is 1.33. The molecule has 1 heterocycles. The zero-order chi connectivity index (χ0) is 14.8. The van der Waals surface area contributed by atoms with Crippen LogP contribution in [0.1, 0.15) is 5.56 Å². The SMILES string of the molecule is COc1cc(Cl)cc2c1N=C(Nc1ccccc1C)NS2. The second-order valence-electron chi connectivity index (χ2n) is 4.56. The zero-order valence-corrected chi connectivity index (χ0v) is 13.2. The van der Waals surface area contributed by atoms with Crippen LogP contribution in [-0.2, 0) is 0 Å². The lowest BCUT2D eigenvalue weighted by atomic mass is 10.2. The van der Waals surface area contributed by atoms with E-state index in [1.165, 1.54) is 11.9 Å². The van der Waals surface area contributed by atoms with Crippen LogP contribution < -0.4 is 14.8 Å². The molecule has 0 fully saturated rings. The Bertz CT molecular complexity index is 718. The molecule has 2 aromatic carbocycles. The minimum absolute atomic E-state index is 0.630. The van der Waals surface area contributed by atoms with Crippen LogP contribution in [0.2, 0.25) is 5.02 Å². The maximum Gasteiger partial charge on any atom is 0.211 e. The highest BCUT2D eigenvalue weighted by molar-refractivity contribution is 7.98. The first-order valence-electron chi connectivity index (χ1n) is 6.39. The number of halogens is 1. The molecule has 1 aliphatic heterocycles. The third-order valence-corrected chi connectivity index (χ3v) is 4.15. The van der Waals surface area contributed by atoms with Gasteiger partial charge in [-0.15, -0.1) is 0 Å². The van der Waals surface area contributed by atoms with E-state index in [1.807, 2.05) is 37.3 Å². The number of guanidine groups is 1. The van der Waals surface area contributed by atoms with Crippen molar-refractivity contribution in [3.8, 4) is 5.75 Å². The summed E-state index contributed by atoms with van der Waals surface area (Å²) in [7, 11) is 1.61. The molecule has 2 aromatic rings. The van der Waals surface area contributed by atoms with Crippen LogP contribution in [0.25, 0.3) is 0 Å². The molecule has 6 heteroatoms. The van der Waals surface area contributed by atoms with Crippen molar-refractivity contribution >= 4 is 40.9 Å². The maximum atomic E-state index is 6.06. The summed E-state index contributed by atoms with van der Waals surface area (Å²) in [6, 6.07) is 11.7. The van der Waals surface area contributed by atoms with Crippen molar-refractivity contribution in [2.24, 2.45) is 4.99 Å². The van der Waals surface area contributed by atoms with Crippen molar-refractivity contribution in [3.05, 3.63) is 47.0 Å². The van der Waals surface area contributed by atoms with E-state index >= 15 is 0 Å². The summed E-state index contributed by atoms with van der Waals surface area (Å²) >= 11 is 7.52. The summed E-state index contributed by atoms with van der Waals surface area (Å²) in [6.45, 7) is 2.05. The number of methoxy groups -OCH3 is 1. The molecule has 108 valence electrons. The number of nitrogens with one attached hydrogen (secondary N) is 2. The molecule has 4 nitrogen and oxygen atoms in total. The Morgan fingerprint density at radius 3 is 2.86 bits per heavy atom. The Balaban J connectivity index is 1.95. The van der Waals surface area contributed by atoms with E-state index in [1.54, 1.807) is 13.2 Å². The highest BCUT2D eigenvalue weighted by Gasteiger charge is 2.18. The molecule has 0 aromatic heterocycles. The summed E-state index contributed by atoms with van der Waals surface area (Å²) in [5, 5.41) is 3.92. The van der Waals surface area contributed by atoms with Gasteiger partial charge in [-0.05, 0) is 36.6 Å². The predicted molar refractivity (Wildman–Crippen MR) is 88.9 cm³/mol. The second kappa shape index (κ2) is 5.87. The molecule has 3 rings (SSSR count). The van der Waals surface area contributed by atoms with Crippen LogP contribution in [-0.4, -0.2) is 13.1 Å². The number of anilines is 1. The van der Waals surface area contributed by atoms with E-state index in [2.05, 4.69) is 15.0 Å². The Morgan fingerprint density at radius 1 is 1.29 bits per heavy atom. The summed E-state index contributed by atoms with van der Waals surface area (Å²) in [5.41, 5.74) is 2.95. The molecule has 0 bridgehead atoms. The van der Waals surface area contributed by atoms with Crippen molar-refractivity contribution in [2.45, 2.75) is 11.8 Å². The molecule has 0 radical (unpaired) electrons. The van der Waals surface area contributed by atoms with Crippen molar-refractivity contribution in [1.29, 1.82) is 0 Å². The van der Waals surface area contributed by atoms with Crippen LogP contribution in [0.15, 0.2) is 46.3 Å². The third-order valence-electron chi connectivity index (χ3n) is 3.10. The second-order valence-corrected chi connectivity index (χ2v) is 5.84. The molecule has 2 N–H and O–H groups in total. The van der Waals surface area contributed by atoms with Crippen LogP contribution in [0.5, 0.6) is 5.75 Å². The Kier molecular flexibility index (Phi) is 3.94. The number of ether oxygens (including phenoxy) is 1. The van der Waals surface area contributed by atoms with Gasteiger partial charge >= 0.3 is 0 Å². The number of benzene rings is 2. The lowest BCUT2D eigenvalue weighted by Gasteiger charge is -2.20. The Hall–Kier alpha value is -1.85. The molecule has 0 amide bonds. The van der Waals surface area contributed by atoms with Crippen molar-refractivity contribution in [2.75, 3.05) is 12.4 Å². The van der Waals surface area contributed by atoms with Gasteiger partial charge in [-0.1, -0.05) is 29.8 Å². The molecule has 21 heavy (non-hydrogen) atoms. The van der Waals surface area contributed by atoms with E-state index in [-0.39, 0.29) is 0 Å². The number of nitrogens with zero attached hydrogens (tertiary/aromatic N) is 1. The molecule has 0 spiro atoms. The fraction of sp³-hybridized carbons (Fsp3) is 0.133. The summed E-state index contributed by atoms with van der Waals surface area (Å²) < 4.78 is 8.53. The quantitative estimate of drug-likeness (QED) is 0.807. The van der Waals surface area contributed by atoms with E-state index < -0.39 is 0 Å². The largest absolute Gasteiger partial charge is 0.494 e. The smallest absolute Gasteiger partial charge is 0.211 e. The highest BCUT2D eigenvalue weighted by atomic mass is 35.5.